The van der Waals surface area contributed by atoms with E-state index in [9.17, 15) is 18.4 Å². The molecule has 2 saturated carbocycles. The van der Waals surface area contributed by atoms with E-state index in [0.717, 1.165) is 22.7 Å². The first-order chi connectivity index (χ1) is 31.4. The lowest BCUT2D eigenvalue weighted by Crippen LogP contribution is -2.24. The van der Waals surface area contributed by atoms with Gasteiger partial charge in [-0.2, -0.15) is 0 Å². The van der Waals surface area contributed by atoms with Crippen LogP contribution in [0.2, 0.25) is 0 Å². The molecule has 6 aromatic heterocycles. The zero-order chi connectivity index (χ0) is 45.8. The monoisotopic (exact) mass is 1010 g/mol. The Morgan fingerprint density at radius 3 is 1.65 bits per heavy atom. The number of carbonyl (C=O) groups excluding carboxylic acids is 1. The topological polar surface area (TPSA) is 207 Å². The molecule has 2 aliphatic carbocycles. The first kappa shape index (κ1) is 45.0. The Labute approximate surface area is 386 Å². The minimum Gasteiger partial charge on any atom is -0.494 e. The number of nitrogens with zero attached hydrogens (tertiary/aromatic N) is 10. The number of methoxy groups -OCH3 is 2. The number of nitrogens with one attached hydrogen (secondary N) is 1. The highest BCUT2D eigenvalue weighted by Gasteiger charge is 2.25. The number of benzene rings is 2. The second-order valence-corrected chi connectivity index (χ2v) is 17.1. The molecular formula is C44H42Br2F2N12O5. The van der Waals surface area contributed by atoms with Crippen LogP contribution >= 0.6 is 31.9 Å². The van der Waals surface area contributed by atoms with Gasteiger partial charge in [-0.3, -0.25) is 4.79 Å². The highest BCUT2D eigenvalue weighted by molar-refractivity contribution is 9.10. The van der Waals surface area contributed by atoms with Crippen LogP contribution in [0.5, 0.6) is 11.5 Å². The summed E-state index contributed by atoms with van der Waals surface area (Å²) in [5.74, 6) is -0.739. The molecule has 17 nitrogen and oxygen atoms in total. The number of imidazole rings is 2. The SMILES string of the molecule is COc1ccc(Br)c(CN)c1F.COc1ccc(Br)c(CNC(=O)c2cn(Cc3cn4cc(C5CC5)ccc4n3)nn2)c1F.O=C(O)c1cn(Cc2cn3cc(C4CC4)ccc3n2)nn1. The lowest BCUT2D eigenvalue weighted by Gasteiger charge is -2.10. The number of ether oxygens (including phenoxy) is 2. The van der Waals surface area contributed by atoms with E-state index in [-0.39, 0.29) is 36.0 Å². The molecule has 8 aromatic rings. The Bertz CT molecular complexity index is 3020. The van der Waals surface area contributed by atoms with Crippen molar-refractivity contribution in [2.24, 2.45) is 5.73 Å². The molecule has 1 amide bonds. The maximum Gasteiger partial charge on any atom is 0.358 e. The molecule has 10 rings (SSSR count). The lowest BCUT2D eigenvalue weighted by molar-refractivity contribution is 0.0690. The predicted octanol–water partition coefficient (Wildman–Crippen LogP) is 7.30. The van der Waals surface area contributed by atoms with Crippen molar-refractivity contribution in [1.29, 1.82) is 0 Å². The standard InChI is InChI=1S/C22H20BrFN6O2.C14H13N5O2.C8H9BrFNO/c1-32-19-6-5-17(23)16(21(19)24)8-25-22(31)18-12-30(28-27-18)11-15-10-29-9-14(13-2-3-13)4-7-20(29)26-15;20-14(21)12-8-19(17-16-12)7-11-6-18-5-10(9-1-2-9)3-4-13(18)15-11;1-12-7-3-2-6(9)5(4-11)8(7)10/h4-7,9-10,12-13H,2-3,8,11H2,1H3,(H,25,31);3-6,8-9H,1-2,7H2,(H,20,21);2-3H,4,11H2,1H3. The summed E-state index contributed by atoms with van der Waals surface area (Å²) in [6, 6.07) is 14.7. The van der Waals surface area contributed by atoms with E-state index in [1.165, 1.54) is 68.0 Å². The van der Waals surface area contributed by atoms with Crippen LogP contribution < -0.4 is 20.5 Å². The molecule has 0 spiro atoms. The fourth-order valence-corrected chi connectivity index (χ4v) is 7.87. The third-order valence-electron chi connectivity index (χ3n) is 10.7. The summed E-state index contributed by atoms with van der Waals surface area (Å²) < 4.78 is 45.8. The van der Waals surface area contributed by atoms with Crippen LogP contribution in [0.25, 0.3) is 11.3 Å². The van der Waals surface area contributed by atoms with Gasteiger partial charge in [0.1, 0.15) is 11.3 Å². The van der Waals surface area contributed by atoms with Crippen molar-refractivity contribution in [3.05, 3.63) is 151 Å². The summed E-state index contributed by atoms with van der Waals surface area (Å²) in [6.45, 7) is 0.923. The molecule has 336 valence electrons. The molecule has 0 saturated heterocycles. The molecule has 2 aliphatic rings. The zero-order valence-corrected chi connectivity index (χ0v) is 38.2. The third kappa shape index (κ3) is 10.7. The number of carboxylic acid groups (broad SMARTS) is 1. The maximum absolute atomic E-state index is 14.4. The Hall–Kier alpha value is -6.58. The largest absolute Gasteiger partial charge is 0.494 e. The molecular weight excluding hydrogens is 974 g/mol. The van der Waals surface area contributed by atoms with Gasteiger partial charge in [0.15, 0.2) is 34.5 Å². The van der Waals surface area contributed by atoms with Crippen LogP contribution in [0.15, 0.2) is 94.7 Å². The van der Waals surface area contributed by atoms with Crippen LogP contribution in [0.4, 0.5) is 8.78 Å². The van der Waals surface area contributed by atoms with Crippen molar-refractivity contribution in [3.63, 3.8) is 0 Å². The summed E-state index contributed by atoms with van der Waals surface area (Å²) in [5.41, 5.74) is 12.2. The molecule has 0 bridgehead atoms. The number of pyridine rings is 2. The van der Waals surface area contributed by atoms with Crippen LogP contribution in [-0.4, -0.2) is 80.0 Å². The lowest BCUT2D eigenvalue weighted by atomic mass is 10.2. The van der Waals surface area contributed by atoms with Crippen molar-refractivity contribution >= 4 is 55.0 Å². The van der Waals surface area contributed by atoms with Gasteiger partial charge in [0.25, 0.3) is 5.91 Å². The number of hydrogen-bond acceptors (Lipinski definition) is 11. The molecule has 4 N–H and O–H groups in total. The van der Waals surface area contributed by atoms with Crippen LogP contribution in [0.3, 0.4) is 0 Å². The number of aromatic nitrogens is 10. The van der Waals surface area contributed by atoms with E-state index in [4.69, 9.17) is 20.3 Å². The second kappa shape index (κ2) is 19.7. The Morgan fingerprint density at radius 1 is 0.708 bits per heavy atom. The third-order valence-corrected chi connectivity index (χ3v) is 12.2. The average molecular weight is 1020 g/mol. The van der Waals surface area contributed by atoms with E-state index in [0.29, 0.717) is 45.0 Å². The Balaban J connectivity index is 0.000000149. The van der Waals surface area contributed by atoms with Gasteiger partial charge in [0.2, 0.25) is 0 Å². The number of carboxylic acids is 1. The van der Waals surface area contributed by atoms with Gasteiger partial charge in [-0.05, 0) is 85.0 Å². The van der Waals surface area contributed by atoms with Gasteiger partial charge in [0.05, 0.1) is 51.1 Å². The molecule has 6 heterocycles. The number of rotatable bonds is 13. The van der Waals surface area contributed by atoms with Crippen LogP contribution in [0.1, 0.15) is 92.1 Å². The maximum atomic E-state index is 14.4. The molecule has 65 heavy (non-hydrogen) atoms. The molecule has 0 aliphatic heterocycles. The fraction of sp³-hybridized carbons (Fsp3) is 0.273. The number of halogens is 4. The van der Waals surface area contributed by atoms with E-state index in [1.54, 1.807) is 29.1 Å². The smallest absolute Gasteiger partial charge is 0.358 e. The van der Waals surface area contributed by atoms with Gasteiger partial charge in [-0.25, -0.2) is 32.9 Å². The van der Waals surface area contributed by atoms with Crippen LogP contribution in [-0.2, 0) is 26.2 Å². The van der Waals surface area contributed by atoms with Gasteiger partial charge < -0.3 is 34.4 Å². The van der Waals surface area contributed by atoms with Crippen molar-refractivity contribution in [3.8, 4) is 11.5 Å². The van der Waals surface area contributed by atoms with Gasteiger partial charge in [-0.1, -0.05) is 54.4 Å². The predicted molar refractivity (Wildman–Crippen MR) is 240 cm³/mol. The summed E-state index contributed by atoms with van der Waals surface area (Å²) in [4.78, 5) is 32.4. The van der Waals surface area contributed by atoms with Crippen molar-refractivity contribution in [1.82, 2.24) is 54.1 Å². The number of nitrogens with two attached hydrogens (primary N) is 1. The van der Waals surface area contributed by atoms with E-state index >= 15 is 0 Å². The van der Waals surface area contributed by atoms with Crippen molar-refractivity contribution in [2.75, 3.05) is 14.2 Å². The minimum absolute atomic E-state index is 0.0227. The molecule has 21 heteroatoms. The molecule has 2 aromatic carbocycles. The quantitative estimate of drug-likeness (QED) is 0.104. The Morgan fingerprint density at radius 2 is 1.18 bits per heavy atom. The first-order valence-electron chi connectivity index (χ1n) is 20.4. The first-order valence-corrected chi connectivity index (χ1v) is 22.0. The highest BCUT2D eigenvalue weighted by Crippen LogP contribution is 2.40. The number of hydrogen-bond donors (Lipinski definition) is 3. The number of carbonyl (C=O) groups is 2. The van der Waals surface area contributed by atoms with E-state index < -0.39 is 23.5 Å². The summed E-state index contributed by atoms with van der Waals surface area (Å²) >= 11 is 6.50. The van der Waals surface area contributed by atoms with Crippen molar-refractivity contribution in [2.45, 2.75) is 63.7 Å². The van der Waals surface area contributed by atoms with Crippen molar-refractivity contribution < 1.29 is 33.0 Å². The van der Waals surface area contributed by atoms with E-state index in [2.05, 4.69) is 92.3 Å². The normalized spacial score (nSPS) is 13.2. The zero-order valence-electron chi connectivity index (χ0n) is 35.0. The van der Waals surface area contributed by atoms with Gasteiger partial charge in [-0.15, -0.1) is 10.2 Å². The molecule has 0 atom stereocenters. The highest BCUT2D eigenvalue weighted by atomic mass is 79.9. The van der Waals surface area contributed by atoms with Gasteiger partial charge in [0, 0.05) is 57.9 Å². The van der Waals surface area contributed by atoms with Gasteiger partial charge >= 0.3 is 5.97 Å². The summed E-state index contributed by atoms with van der Waals surface area (Å²) in [7, 11) is 2.81. The number of fused-ring (bicyclic) bond motifs is 2. The molecule has 2 fully saturated rings. The Kier molecular flexibility index (Phi) is 13.6. The molecule has 0 unspecified atom stereocenters. The number of aromatic carboxylic acids is 1. The average Bonchev–Trinajstić information content (AvgIpc) is 4.13. The summed E-state index contributed by atoms with van der Waals surface area (Å²) in [6.07, 6.45) is 16.1. The fourth-order valence-electron chi connectivity index (χ4n) is 6.95. The van der Waals surface area contributed by atoms with Crippen LogP contribution in [0, 0.1) is 11.6 Å². The molecule has 0 radical (unpaired) electrons. The minimum atomic E-state index is -1.08. The van der Waals surface area contributed by atoms with E-state index in [1.807, 2.05) is 33.3 Å². The number of amides is 1. The summed E-state index contributed by atoms with van der Waals surface area (Å²) in [5, 5.41) is 26.9. The second-order valence-electron chi connectivity index (χ2n) is 15.3.